The molecule has 0 aromatic heterocycles. The van der Waals surface area contributed by atoms with E-state index in [1.165, 1.54) is 12.8 Å². The van der Waals surface area contributed by atoms with Gasteiger partial charge in [0, 0.05) is 24.7 Å². The molecule has 0 aromatic carbocycles. The first kappa shape index (κ1) is 14.2. The number of nitrogens with one attached hydrogen (secondary N) is 3. The van der Waals surface area contributed by atoms with Gasteiger partial charge in [-0.2, -0.15) is 13.1 Å². The van der Waals surface area contributed by atoms with Crippen LogP contribution in [0.2, 0.25) is 0 Å². The lowest BCUT2D eigenvalue weighted by Gasteiger charge is -2.29. The van der Waals surface area contributed by atoms with Crippen LogP contribution in [0, 0.1) is 0 Å². The Morgan fingerprint density at radius 3 is 2.31 bits per heavy atom. The molecule has 96 valence electrons. The van der Waals surface area contributed by atoms with Gasteiger partial charge >= 0.3 is 0 Å². The zero-order valence-electron chi connectivity index (χ0n) is 9.40. The highest BCUT2D eigenvalue weighted by Gasteiger charge is 2.34. The second kappa shape index (κ2) is 5.64. The number of piperidine rings is 1. The van der Waals surface area contributed by atoms with Crippen LogP contribution >= 0.6 is 12.4 Å². The lowest BCUT2D eigenvalue weighted by Crippen LogP contribution is -2.50. The lowest BCUT2D eigenvalue weighted by atomic mass is 10.0. The predicted molar refractivity (Wildman–Crippen MR) is 65.9 cm³/mol. The topological polar surface area (TPSA) is 70.2 Å². The van der Waals surface area contributed by atoms with Crippen molar-refractivity contribution in [3.63, 3.8) is 0 Å². The van der Waals surface area contributed by atoms with Gasteiger partial charge in [-0.05, 0) is 25.7 Å². The summed E-state index contributed by atoms with van der Waals surface area (Å²) in [7, 11) is -3.28. The van der Waals surface area contributed by atoms with Crippen LogP contribution in [0.25, 0.3) is 0 Å². The highest BCUT2D eigenvalue weighted by Crippen LogP contribution is 2.26. The van der Waals surface area contributed by atoms with Gasteiger partial charge in [-0.3, -0.25) is 0 Å². The summed E-state index contributed by atoms with van der Waals surface area (Å²) in [5.41, 5.74) is 0. The molecule has 5 nitrogen and oxygen atoms in total. The van der Waals surface area contributed by atoms with E-state index >= 15 is 0 Å². The molecule has 0 spiro atoms. The van der Waals surface area contributed by atoms with E-state index in [-0.39, 0.29) is 18.4 Å². The third-order valence-electron chi connectivity index (χ3n) is 3.13. The van der Waals surface area contributed by atoms with E-state index in [4.69, 9.17) is 0 Å². The monoisotopic (exact) mass is 269 g/mol. The molecule has 0 saturated carbocycles. The van der Waals surface area contributed by atoms with Gasteiger partial charge in [0.05, 0.1) is 0 Å². The highest BCUT2D eigenvalue weighted by atomic mass is 35.5. The third kappa shape index (κ3) is 3.56. The number of hydrogen-bond donors (Lipinski definition) is 3. The zero-order chi connectivity index (χ0) is 10.9. The minimum Gasteiger partial charge on any atom is -0.311 e. The Hall–Kier alpha value is 0.120. The van der Waals surface area contributed by atoms with Gasteiger partial charge in [-0.15, -0.1) is 12.4 Å². The standard InChI is InChI=1S/C9H19N3O2S.ClH/c1-2-10-15(13,14)12-9-5-7-3-4-8(6-9)11-7;/h7-12H,2-6H2,1H3;1H. The molecule has 2 unspecified atom stereocenters. The summed E-state index contributed by atoms with van der Waals surface area (Å²) in [6.07, 6.45) is 4.20. The zero-order valence-corrected chi connectivity index (χ0v) is 11.0. The summed E-state index contributed by atoms with van der Waals surface area (Å²) >= 11 is 0. The van der Waals surface area contributed by atoms with Gasteiger partial charge in [0.1, 0.15) is 0 Å². The summed E-state index contributed by atoms with van der Waals surface area (Å²) in [6, 6.07) is 1.13. The molecule has 2 aliphatic heterocycles. The Morgan fingerprint density at radius 1 is 1.25 bits per heavy atom. The first-order valence-electron chi connectivity index (χ1n) is 5.62. The van der Waals surface area contributed by atoms with Crippen LogP contribution in [0.4, 0.5) is 0 Å². The second-order valence-corrected chi connectivity index (χ2v) is 5.96. The van der Waals surface area contributed by atoms with E-state index in [1.54, 1.807) is 6.92 Å². The van der Waals surface area contributed by atoms with E-state index < -0.39 is 10.2 Å². The molecule has 2 aliphatic rings. The van der Waals surface area contributed by atoms with Crippen LogP contribution in [0.15, 0.2) is 0 Å². The van der Waals surface area contributed by atoms with Gasteiger partial charge < -0.3 is 5.32 Å². The summed E-state index contributed by atoms with van der Waals surface area (Å²) in [4.78, 5) is 0. The van der Waals surface area contributed by atoms with Crippen LogP contribution in [-0.4, -0.2) is 33.1 Å². The predicted octanol–water partition coefficient (Wildman–Crippen LogP) is 0.135. The molecule has 0 radical (unpaired) electrons. The third-order valence-corrected chi connectivity index (χ3v) is 4.44. The van der Waals surface area contributed by atoms with Gasteiger partial charge in [0.2, 0.25) is 0 Å². The molecular formula is C9H20ClN3O2S. The molecule has 2 rings (SSSR count). The quantitative estimate of drug-likeness (QED) is 0.680. The van der Waals surface area contributed by atoms with Crippen molar-refractivity contribution in [3.8, 4) is 0 Å². The molecule has 2 atom stereocenters. The molecule has 2 saturated heterocycles. The Bertz CT molecular complexity index is 311. The van der Waals surface area contributed by atoms with E-state index in [2.05, 4.69) is 14.8 Å². The minimum atomic E-state index is -3.28. The number of fused-ring (bicyclic) bond motifs is 2. The maximum absolute atomic E-state index is 11.5. The number of hydrogen-bond acceptors (Lipinski definition) is 3. The molecule has 3 N–H and O–H groups in total. The molecule has 16 heavy (non-hydrogen) atoms. The van der Waals surface area contributed by atoms with Crippen molar-refractivity contribution in [2.45, 2.75) is 50.7 Å². The molecule has 2 heterocycles. The smallest absolute Gasteiger partial charge is 0.277 e. The maximum Gasteiger partial charge on any atom is 0.277 e. The summed E-state index contributed by atoms with van der Waals surface area (Å²) in [5, 5.41) is 3.48. The molecule has 7 heteroatoms. The fourth-order valence-corrected chi connectivity index (χ4v) is 3.70. The highest BCUT2D eigenvalue weighted by molar-refractivity contribution is 7.87. The average Bonchev–Trinajstić information content (AvgIpc) is 2.44. The van der Waals surface area contributed by atoms with Crippen molar-refractivity contribution >= 4 is 22.6 Å². The second-order valence-electron chi connectivity index (χ2n) is 4.43. The Morgan fingerprint density at radius 2 is 1.81 bits per heavy atom. The van der Waals surface area contributed by atoms with Crippen molar-refractivity contribution in [3.05, 3.63) is 0 Å². The first-order valence-corrected chi connectivity index (χ1v) is 7.10. The molecule has 2 bridgehead atoms. The van der Waals surface area contributed by atoms with E-state index in [0.29, 0.717) is 18.6 Å². The molecule has 0 aliphatic carbocycles. The fraction of sp³-hybridized carbons (Fsp3) is 1.00. The van der Waals surface area contributed by atoms with Crippen molar-refractivity contribution in [2.75, 3.05) is 6.54 Å². The molecule has 0 aromatic rings. The van der Waals surface area contributed by atoms with Crippen LogP contribution < -0.4 is 14.8 Å². The van der Waals surface area contributed by atoms with Gasteiger partial charge in [-0.1, -0.05) is 6.92 Å². The van der Waals surface area contributed by atoms with Crippen molar-refractivity contribution < 1.29 is 8.42 Å². The molecule has 0 amide bonds. The van der Waals surface area contributed by atoms with Crippen LogP contribution in [0.1, 0.15) is 32.6 Å². The van der Waals surface area contributed by atoms with E-state index in [9.17, 15) is 8.42 Å². The Labute approximate surface area is 103 Å². The number of halogens is 1. The Kier molecular flexibility index (Phi) is 5.00. The molecular weight excluding hydrogens is 250 g/mol. The van der Waals surface area contributed by atoms with E-state index in [0.717, 1.165) is 12.8 Å². The van der Waals surface area contributed by atoms with Crippen molar-refractivity contribution in [1.82, 2.24) is 14.8 Å². The fourth-order valence-electron chi connectivity index (χ4n) is 2.60. The molecule has 2 fully saturated rings. The summed E-state index contributed by atoms with van der Waals surface area (Å²) < 4.78 is 28.2. The summed E-state index contributed by atoms with van der Waals surface area (Å²) in [5.74, 6) is 0. The minimum absolute atomic E-state index is 0. The maximum atomic E-state index is 11.5. The van der Waals surface area contributed by atoms with Crippen LogP contribution in [-0.2, 0) is 10.2 Å². The van der Waals surface area contributed by atoms with Gasteiger partial charge in [-0.25, -0.2) is 4.72 Å². The number of rotatable bonds is 4. The van der Waals surface area contributed by atoms with Gasteiger partial charge in [0.15, 0.2) is 0 Å². The Balaban J connectivity index is 0.00000128. The SMILES string of the molecule is CCNS(=O)(=O)NC1CC2CCC(C1)N2.Cl. The lowest BCUT2D eigenvalue weighted by molar-refractivity contribution is 0.344. The first-order chi connectivity index (χ1) is 7.09. The van der Waals surface area contributed by atoms with Gasteiger partial charge in [0.25, 0.3) is 10.2 Å². The largest absolute Gasteiger partial charge is 0.311 e. The normalized spacial score (nSPS) is 33.4. The summed E-state index contributed by atoms with van der Waals surface area (Å²) in [6.45, 7) is 2.22. The van der Waals surface area contributed by atoms with Crippen LogP contribution in [0.5, 0.6) is 0 Å². The van der Waals surface area contributed by atoms with Crippen molar-refractivity contribution in [1.29, 1.82) is 0 Å². The van der Waals surface area contributed by atoms with Crippen molar-refractivity contribution in [2.24, 2.45) is 0 Å². The van der Waals surface area contributed by atoms with E-state index in [1.807, 2.05) is 0 Å². The average molecular weight is 270 g/mol. The van der Waals surface area contributed by atoms with Crippen LogP contribution in [0.3, 0.4) is 0 Å².